The van der Waals surface area contributed by atoms with E-state index in [1.165, 1.54) is 23.5 Å². The van der Waals surface area contributed by atoms with Crippen LogP contribution >= 0.6 is 0 Å². The van der Waals surface area contributed by atoms with Gasteiger partial charge in [0, 0.05) is 23.6 Å². The molecule has 6 nitrogen and oxygen atoms in total. The van der Waals surface area contributed by atoms with Crippen molar-refractivity contribution >= 4 is 32.6 Å². The zero-order chi connectivity index (χ0) is 18.0. The minimum atomic E-state index is -3.94. The number of benzene rings is 2. The number of hydrogen-bond acceptors (Lipinski definition) is 4. The molecule has 3 rings (SSSR count). The molecule has 2 aromatic carbocycles. The Labute approximate surface area is 146 Å². The van der Waals surface area contributed by atoms with Crippen LogP contribution in [-0.2, 0) is 14.8 Å². The topological polar surface area (TPSA) is 79.5 Å². The molecule has 1 heterocycles. The van der Waals surface area contributed by atoms with Gasteiger partial charge in [0.15, 0.2) is 0 Å². The molecule has 0 aliphatic carbocycles. The Bertz CT molecular complexity index is 1020. The molecule has 0 saturated carbocycles. The Morgan fingerprint density at radius 2 is 1.80 bits per heavy atom. The number of carbonyl (C=O) groups excluding carboxylic acids is 1. The van der Waals surface area contributed by atoms with Gasteiger partial charge in [-0.25, -0.2) is 13.2 Å². The highest BCUT2D eigenvalue weighted by atomic mass is 32.2. The molecule has 0 bridgehead atoms. The third kappa shape index (κ3) is 2.87. The summed E-state index contributed by atoms with van der Waals surface area (Å²) in [5, 5.41) is 0.795. The summed E-state index contributed by atoms with van der Waals surface area (Å²) in [6.07, 6.45) is 1.66. The van der Waals surface area contributed by atoms with Gasteiger partial charge in [0.2, 0.25) is 0 Å². The van der Waals surface area contributed by atoms with Crippen LogP contribution in [-0.4, -0.2) is 33.0 Å². The van der Waals surface area contributed by atoms with Crippen molar-refractivity contribution in [2.75, 3.05) is 18.0 Å². The molecule has 0 fully saturated rings. The second kappa shape index (κ2) is 6.60. The zero-order valence-electron chi connectivity index (χ0n) is 13.9. The number of esters is 1. The van der Waals surface area contributed by atoms with Crippen molar-refractivity contribution in [3.8, 4) is 0 Å². The van der Waals surface area contributed by atoms with E-state index in [4.69, 9.17) is 4.74 Å². The van der Waals surface area contributed by atoms with Gasteiger partial charge in [0.05, 0.1) is 18.4 Å². The number of aromatic nitrogens is 1. The lowest BCUT2D eigenvalue weighted by Gasteiger charge is -2.23. The molecule has 1 aromatic heterocycles. The van der Waals surface area contributed by atoms with Crippen LogP contribution in [0.25, 0.3) is 10.9 Å². The third-order valence-corrected chi connectivity index (χ3v) is 5.93. The van der Waals surface area contributed by atoms with E-state index in [1.54, 1.807) is 25.3 Å². The van der Waals surface area contributed by atoms with Gasteiger partial charge in [-0.3, -0.25) is 4.31 Å². The molecule has 0 radical (unpaired) electrons. The van der Waals surface area contributed by atoms with E-state index in [-0.39, 0.29) is 17.0 Å². The van der Waals surface area contributed by atoms with Crippen molar-refractivity contribution in [2.24, 2.45) is 0 Å². The van der Waals surface area contributed by atoms with E-state index < -0.39 is 16.0 Å². The Kier molecular flexibility index (Phi) is 4.50. The SMILES string of the molecule is CCN(c1c[nH]c2ccccc12)S(=O)(=O)c1ccccc1C(=O)OC. The van der Waals surface area contributed by atoms with Crippen LogP contribution < -0.4 is 4.31 Å². The largest absolute Gasteiger partial charge is 0.465 e. The number of H-pyrrole nitrogens is 1. The lowest BCUT2D eigenvalue weighted by atomic mass is 10.2. The first-order valence-corrected chi connectivity index (χ1v) is 9.21. The first kappa shape index (κ1) is 17.0. The Morgan fingerprint density at radius 1 is 1.12 bits per heavy atom. The summed E-state index contributed by atoms with van der Waals surface area (Å²) in [5.74, 6) is -0.686. The number of para-hydroxylation sites is 1. The molecule has 0 spiro atoms. The number of methoxy groups -OCH3 is 1. The van der Waals surface area contributed by atoms with Crippen LogP contribution in [0.1, 0.15) is 17.3 Å². The van der Waals surface area contributed by atoms with E-state index in [0.717, 1.165) is 10.9 Å². The van der Waals surface area contributed by atoms with Gasteiger partial charge in [-0.15, -0.1) is 0 Å². The fourth-order valence-corrected chi connectivity index (χ4v) is 4.49. The first-order chi connectivity index (χ1) is 12.0. The predicted molar refractivity (Wildman–Crippen MR) is 96.3 cm³/mol. The maximum atomic E-state index is 13.3. The van der Waals surface area contributed by atoms with Crippen molar-refractivity contribution < 1.29 is 17.9 Å². The molecule has 7 heteroatoms. The van der Waals surface area contributed by atoms with E-state index in [9.17, 15) is 13.2 Å². The third-order valence-electron chi connectivity index (χ3n) is 3.98. The van der Waals surface area contributed by atoms with Crippen molar-refractivity contribution in [2.45, 2.75) is 11.8 Å². The Morgan fingerprint density at radius 3 is 2.52 bits per heavy atom. The lowest BCUT2D eigenvalue weighted by molar-refractivity contribution is 0.0596. The van der Waals surface area contributed by atoms with E-state index in [0.29, 0.717) is 5.69 Å². The van der Waals surface area contributed by atoms with Crippen LogP contribution in [0.3, 0.4) is 0 Å². The van der Waals surface area contributed by atoms with Crippen LogP contribution in [0.2, 0.25) is 0 Å². The second-order valence-corrected chi connectivity index (χ2v) is 7.21. The van der Waals surface area contributed by atoms with Crippen molar-refractivity contribution in [1.82, 2.24) is 4.98 Å². The summed E-state index contributed by atoms with van der Waals surface area (Å²) < 4.78 is 32.5. The molecule has 0 aliphatic rings. The van der Waals surface area contributed by atoms with Gasteiger partial charge < -0.3 is 9.72 Å². The van der Waals surface area contributed by atoms with Crippen LogP contribution in [0.5, 0.6) is 0 Å². The summed E-state index contributed by atoms with van der Waals surface area (Å²) in [4.78, 5) is 15.0. The lowest BCUT2D eigenvalue weighted by Crippen LogP contribution is -2.31. The highest BCUT2D eigenvalue weighted by Crippen LogP contribution is 2.31. The molecule has 0 atom stereocenters. The first-order valence-electron chi connectivity index (χ1n) is 7.77. The summed E-state index contributed by atoms with van der Waals surface area (Å²) in [7, 11) is -2.71. The van der Waals surface area contributed by atoms with Crippen LogP contribution in [0.15, 0.2) is 59.6 Å². The molecule has 0 amide bonds. The summed E-state index contributed by atoms with van der Waals surface area (Å²) >= 11 is 0. The molecule has 0 saturated heterocycles. The van der Waals surface area contributed by atoms with Gasteiger partial charge >= 0.3 is 5.97 Å². The van der Waals surface area contributed by atoms with Crippen LogP contribution in [0.4, 0.5) is 5.69 Å². The normalized spacial score (nSPS) is 11.4. The average molecular weight is 358 g/mol. The van der Waals surface area contributed by atoms with Gasteiger partial charge in [0.1, 0.15) is 4.90 Å². The minimum absolute atomic E-state index is 0.0169. The number of nitrogens with one attached hydrogen (secondary N) is 1. The molecule has 3 aromatic rings. The van der Waals surface area contributed by atoms with E-state index >= 15 is 0 Å². The summed E-state index contributed by atoms with van der Waals surface area (Å²) in [5.41, 5.74) is 1.40. The maximum Gasteiger partial charge on any atom is 0.339 e. The number of ether oxygens (including phenoxy) is 1. The summed E-state index contributed by atoms with van der Waals surface area (Å²) in [6, 6.07) is 13.5. The predicted octanol–water partition coefficient (Wildman–Crippen LogP) is 3.17. The number of fused-ring (bicyclic) bond motifs is 1. The van der Waals surface area contributed by atoms with Crippen LogP contribution in [0, 0.1) is 0 Å². The fraction of sp³-hybridized carbons (Fsp3) is 0.167. The molecule has 130 valence electrons. The summed E-state index contributed by atoms with van der Waals surface area (Å²) in [6.45, 7) is 1.97. The van der Waals surface area contributed by atoms with Gasteiger partial charge in [0.25, 0.3) is 10.0 Å². The Hall–Kier alpha value is -2.80. The van der Waals surface area contributed by atoms with Gasteiger partial charge in [-0.2, -0.15) is 0 Å². The quantitative estimate of drug-likeness (QED) is 0.711. The zero-order valence-corrected chi connectivity index (χ0v) is 14.7. The smallest absolute Gasteiger partial charge is 0.339 e. The molecular weight excluding hydrogens is 340 g/mol. The number of anilines is 1. The molecule has 0 unspecified atom stereocenters. The van der Waals surface area contributed by atoms with E-state index in [1.807, 2.05) is 24.3 Å². The molecule has 0 aliphatic heterocycles. The molecular formula is C18H18N2O4S. The number of aromatic amines is 1. The molecule has 1 N–H and O–H groups in total. The number of nitrogens with zero attached hydrogens (tertiary/aromatic N) is 1. The van der Waals surface area contributed by atoms with Gasteiger partial charge in [-0.05, 0) is 25.1 Å². The van der Waals surface area contributed by atoms with Crippen molar-refractivity contribution in [3.63, 3.8) is 0 Å². The number of hydrogen-bond donors (Lipinski definition) is 1. The number of sulfonamides is 1. The van der Waals surface area contributed by atoms with Crippen molar-refractivity contribution in [1.29, 1.82) is 0 Å². The highest BCUT2D eigenvalue weighted by molar-refractivity contribution is 7.93. The Balaban J connectivity index is 2.17. The fourth-order valence-electron chi connectivity index (χ4n) is 2.82. The van der Waals surface area contributed by atoms with Crippen molar-refractivity contribution in [3.05, 3.63) is 60.3 Å². The number of carbonyl (C=O) groups is 1. The maximum absolute atomic E-state index is 13.3. The minimum Gasteiger partial charge on any atom is -0.465 e. The molecule has 25 heavy (non-hydrogen) atoms. The van der Waals surface area contributed by atoms with E-state index in [2.05, 4.69) is 4.98 Å². The van der Waals surface area contributed by atoms with Gasteiger partial charge in [-0.1, -0.05) is 30.3 Å². The average Bonchev–Trinajstić information content (AvgIpc) is 3.05. The monoisotopic (exact) mass is 358 g/mol. The second-order valence-electron chi connectivity index (χ2n) is 5.38. The standard InChI is InChI=1S/C18H18N2O4S/c1-3-20(16-12-19-15-10-6-4-8-13(15)16)25(22,23)17-11-7-5-9-14(17)18(21)24-2/h4-12,19H,3H2,1-2H3. The highest BCUT2D eigenvalue weighted by Gasteiger charge is 2.30. The number of rotatable bonds is 5.